The third kappa shape index (κ3) is 4.16. The topological polar surface area (TPSA) is 108 Å². The average Bonchev–Trinajstić information content (AvgIpc) is 2.72. The predicted molar refractivity (Wildman–Crippen MR) is 114 cm³/mol. The summed E-state index contributed by atoms with van der Waals surface area (Å²) in [6.07, 6.45) is 3.19. The van der Waals surface area contributed by atoms with Crippen LogP contribution < -0.4 is 11.1 Å². The highest BCUT2D eigenvalue weighted by Crippen LogP contribution is 2.35. The number of fused-ring (bicyclic) bond motifs is 4. The van der Waals surface area contributed by atoms with Crippen LogP contribution in [0.3, 0.4) is 0 Å². The van der Waals surface area contributed by atoms with Gasteiger partial charge in [-0.1, -0.05) is 31.2 Å². The number of likely N-dealkylation sites (tertiary alicyclic amines) is 1. The van der Waals surface area contributed by atoms with Crippen LogP contribution in [0.25, 0.3) is 0 Å². The summed E-state index contributed by atoms with van der Waals surface area (Å²) in [5.74, 6) is 0.290. The van der Waals surface area contributed by atoms with Crippen LogP contribution in [0.5, 0.6) is 5.88 Å². The van der Waals surface area contributed by atoms with Gasteiger partial charge in [-0.25, -0.2) is 0 Å². The van der Waals surface area contributed by atoms with Gasteiger partial charge in [0.2, 0.25) is 11.8 Å². The number of aromatic amines is 1. The summed E-state index contributed by atoms with van der Waals surface area (Å²) in [6.45, 7) is 3.87. The van der Waals surface area contributed by atoms with Crippen LogP contribution in [0.4, 0.5) is 0 Å². The van der Waals surface area contributed by atoms with E-state index >= 15 is 0 Å². The molecule has 2 bridgehead atoms. The van der Waals surface area contributed by atoms with Gasteiger partial charge in [0.1, 0.15) is 0 Å². The van der Waals surface area contributed by atoms with Crippen molar-refractivity contribution in [2.75, 3.05) is 18.8 Å². The van der Waals surface area contributed by atoms with E-state index in [0.29, 0.717) is 31.6 Å². The van der Waals surface area contributed by atoms with Gasteiger partial charge in [0.25, 0.3) is 11.1 Å². The molecule has 0 unspecified atom stereocenters. The maximum absolute atomic E-state index is 12.8. The third-order valence-electron chi connectivity index (χ3n) is 5.92. The lowest BCUT2D eigenvalue weighted by atomic mass is 9.83. The highest BCUT2D eigenvalue weighted by molar-refractivity contribution is 7.99. The Morgan fingerprint density at radius 2 is 2.13 bits per heavy atom. The molecule has 2 atom stereocenters. The van der Waals surface area contributed by atoms with Crippen LogP contribution in [0.1, 0.15) is 43.4 Å². The smallest absolute Gasteiger partial charge is 0.258 e. The lowest BCUT2D eigenvalue weighted by Crippen LogP contribution is -2.49. The molecule has 4 heterocycles. The summed E-state index contributed by atoms with van der Waals surface area (Å²) >= 11 is 1.13. The van der Waals surface area contributed by atoms with Gasteiger partial charge in [0.05, 0.1) is 11.3 Å². The second-order valence-corrected chi connectivity index (χ2v) is 9.03. The maximum atomic E-state index is 12.8. The van der Waals surface area contributed by atoms with Crippen molar-refractivity contribution in [1.82, 2.24) is 19.4 Å². The summed E-state index contributed by atoms with van der Waals surface area (Å²) in [7, 11) is 0. The van der Waals surface area contributed by atoms with Gasteiger partial charge < -0.3 is 19.6 Å². The van der Waals surface area contributed by atoms with Crippen LogP contribution in [-0.4, -0.2) is 49.3 Å². The Kier molecular flexibility index (Phi) is 5.99. The number of nitrogens with zero attached hydrogens (tertiary/aromatic N) is 3. The maximum Gasteiger partial charge on any atom is 0.258 e. The molecule has 4 rings (SSSR count). The molecule has 30 heavy (non-hydrogen) atoms. The normalized spacial score (nSPS) is 20.1. The number of carbonyl (C=O) groups is 1. The number of amides is 1. The van der Waals surface area contributed by atoms with Gasteiger partial charge in [-0.05, 0) is 31.2 Å². The summed E-state index contributed by atoms with van der Waals surface area (Å²) in [6, 6.07) is 5.34. The Bertz CT molecular complexity index is 1060. The first-order chi connectivity index (χ1) is 14.5. The lowest BCUT2D eigenvalue weighted by Gasteiger charge is -2.42. The first kappa shape index (κ1) is 20.7. The molecule has 2 aliphatic heterocycles. The summed E-state index contributed by atoms with van der Waals surface area (Å²) in [5, 5.41) is 10.3. The number of H-pyrrole nitrogens is 1. The van der Waals surface area contributed by atoms with Crippen molar-refractivity contribution in [3.63, 3.8) is 0 Å². The number of hydrogen-bond donors (Lipinski definition) is 2. The zero-order valence-electron chi connectivity index (χ0n) is 17.0. The Morgan fingerprint density at radius 3 is 2.90 bits per heavy atom. The van der Waals surface area contributed by atoms with E-state index in [4.69, 9.17) is 0 Å². The molecule has 0 aliphatic carbocycles. The van der Waals surface area contributed by atoms with Crippen LogP contribution in [0.2, 0.25) is 0 Å². The van der Waals surface area contributed by atoms with E-state index in [1.54, 1.807) is 12.1 Å². The number of thioether (sulfide) groups is 1. The van der Waals surface area contributed by atoms with E-state index in [-0.39, 0.29) is 45.7 Å². The van der Waals surface area contributed by atoms with Crippen molar-refractivity contribution in [3.05, 3.63) is 50.2 Å². The Labute approximate surface area is 178 Å². The summed E-state index contributed by atoms with van der Waals surface area (Å²) in [5.41, 5.74) is 0.975. The molecule has 9 heteroatoms. The van der Waals surface area contributed by atoms with Crippen LogP contribution in [0, 0.1) is 5.92 Å². The number of rotatable bonds is 6. The molecule has 2 aromatic heterocycles. The number of aromatic nitrogens is 3. The predicted octanol–water partition coefficient (Wildman–Crippen LogP) is 1.72. The number of hydrogen-bond acceptors (Lipinski definition) is 6. The Balaban J connectivity index is 1.41. The van der Waals surface area contributed by atoms with E-state index in [2.05, 4.69) is 9.97 Å². The minimum absolute atomic E-state index is 0.0229. The molecule has 0 saturated carbocycles. The van der Waals surface area contributed by atoms with Gasteiger partial charge in [0.15, 0.2) is 5.16 Å². The monoisotopic (exact) mass is 430 g/mol. The van der Waals surface area contributed by atoms with E-state index in [1.165, 1.54) is 0 Å². The summed E-state index contributed by atoms with van der Waals surface area (Å²) in [4.78, 5) is 45.7. The van der Waals surface area contributed by atoms with E-state index < -0.39 is 0 Å². The molecule has 0 radical (unpaired) electrons. The molecular weight excluding hydrogens is 404 g/mol. The second kappa shape index (κ2) is 8.67. The zero-order chi connectivity index (χ0) is 21.3. The lowest BCUT2D eigenvalue weighted by molar-refractivity contribution is -0.131. The van der Waals surface area contributed by atoms with Gasteiger partial charge >= 0.3 is 0 Å². The fourth-order valence-electron chi connectivity index (χ4n) is 4.43. The Morgan fingerprint density at radius 1 is 1.30 bits per heavy atom. The molecule has 1 fully saturated rings. The number of piperidine rings is 1. The van der Waals surface area contributed by atoms with E-state index in [0.717, 1.165) is 36.7 Å². The molecule has 1 saturated heterocycles. The quantitative estimate of drug-likeness (QED) is 0.534. The van der Waals surface area contributed by atoms with Crippen molar-refractivity contribution in [2.24, 2.45) is 5.92 Å². The summed E-state index contributed by atoms with van der Waals surface area (Å²) < 4.78 is 1.84. The Hall–Kier alpha value is -2.55. The van der Waals surface area contributed by atoms with E-state index in [1.807, 2.05) is 22.5 Å². The number of pyridine rings is 1. The van der Waals surface area contributed by atoms with Gasteiger partial charge in [0, 0.05) is 37.3 Å². The number of unbranched alkanes of at least 4 members (excludes halogenated alkanes) is 1. The van der Waals surface area contributed by atoms with Crippen molar-refractivity contribution in [2.45, 2.75) is 50.2 Å². The van der Waals surface area contributed by atoms with Crippen molar-refractivity contribution in [1.29, 1.82) is 0 Å². The highest BCUT2D eigenvalue weighted by Gasteiger charge is 2.36. The molecule has 0 aromatic carbocycles. The van der Waals surface area contributed by atoms with Crippen LogP contribution in [0.15, 0.2) is 32.9 Å². The molecule has 2 N–H and O–H groups in total. The molecular formula is C21H26N4O4S. The van der Waals surface area contributed by atoms with Crippen LogP contribution in [-0.2, 0) is 17.8 Å². The highest BCUT2D eigenvalue weighted by atomic mass is 32.2. The second-order valence-electron chi connectivity index (χ2n) is 8.06. The first-order valence-corrected chi connectivity index (χ1v) is 11.4. The van der Waals surface area contributed by atoms with E-state index in [9.17, 15) is 19.5 Å². The molecule has 2 aliphatic rings. The van der Waals surface area contributed by atoms with Crippen LogP contribution >= 0.6 is 11.8 Å². The van der Waals surface area contributed by atoms with Gasteiger partial charge in [-0.2, -0.15) is 4.98 Å². The fourth-order valence-corrected chi connectivity index (χ4v) is 5.19. The molecule has 1 amide bonds. The largest absolute Gasteiger partial charge is 0.493 e. The average molecular weight is 431 g/mol. The SMILES string of the molecule is CCCCc1c(O)nc(SCC(=O)N2C[C@@H]3C[C@@H](C2)c2cccc(=O)n2C3)[nH]c1=O. The molecule has 0 spiro atoms. The zero-order valence-corrected chi connectivity index (χ0v) is 17.8. The molecule has 2 aromatic rings. The molecule has 160 valence electrons. The third-order valence-corrected chi connectivity index (χ3v) is 6.78. The van der Waals surface area contributed by atoms with Gasteiger partial charge in [-0.15, -0.1) is 0 Å². The number of carbonyl (C=O) groups excluding carboxylic acids is 1. The number of aromatic hydroxyl groups is 1. The molecule has 8 nitrogen and oxygen atoms in total. The first-order valence-electron chi connectivity index (χ1n) is 10.4. The minimum Gasteiger partial charge on any atom is -0.493 e. The van der Waals surface area contributed by atoms with Crippen molar-refractivity contribution in [3.8, 4) is 5.88 Å². The fraction of sp³-hybridized carbons (Fsp3) is 0.524. The van der Waals surface area contributed by atoms with Crippen molar-refractivity contribution >= 4 is 17.7 Å². The minimum atomic E-state index is -0.347. The standard InChI is InChI=1S/C21H26N4O4S/c1-2-3-5-15-19(28)22-21(23-20(15)29)30-12-18(27)24-9-13-8-14(11-24)16-6-4-7-17(26)25(16)10-13/h4,6-7,13-14H,2-3,5,8-12H2,1H3,(H2,22,23,28,29)/t13-,14-/m0/s1. The number of nitrogens with one attached hydrogen (secondary N) is 1. The van der Waals surface area contributed by atoms with Crippen molar-refractivity contribution < 1.29 is 9.90 Å². The van der Waals surface area contributed by atoms with Gasteiger partial charge in [-0.3, -0.25) is 14.4 Å².